The molecule has 0 rings (SSSR count). The van der Waals surface area contributed by atoms with E-state index < -0.39 is 0 Å². The number of hydrogen-bond acceptors (Lipinski definition) is 1. The molecule has 0 radical (unpaired) electrons. The largest absolute Gasteiger partial charge is 0.381 e. The van der Waals surface area contributed by atoms with Crippen LogP contribution in [0.1, 0.15) is 13.3 Å². The molecule has 0 aromatic heterocycles. The molecule has 0 N–H and O–H groups in total. The molecule has 0 aromatic rings. The molecule has 0 atom stereocenters. The number of rotatable bonds is 4. The molecular formula is C10H17N. The first-order chi connectivity index (χ1) is 5.22. The van der Waals surface area contributed by atoms with Gasteiger partial charge in [-0.2, -0.15) is 0 Å². The van der Waals surface area contributed by atoms with Gasteiger partial charge in [0.1, 0.15) is 0 Å². The van der Waals surface area contributed by atoms with Crippen LogP contribution in [0.5, 0.6) is 0 Å². The lowest BCUT2D eigenvalue weighted by Crippen LogP contribution is -2.09. The average Bonchev–Trinajstić information content (AvgIpc) is 1.97. The summed E-state index contributed by atoms with van der Waals surface area (Å²) < 4.78 is 0. The maximum Gasteiger partial charge on any atom is 0.0125 e. The van der Waals surface area contributed by atoms with Crippen molar-refractivity contribution < 1.29 is 0 Å². The van der Waals surface area contributed by atoms with Crippen LogP contribution in [0.25, 0.3) is 0 Å². The predicted octanol–water partition coefficient (Wildman–Crippen LogP) is 2.58. The van der Waals surface area contributed by atoms with E-state index in [1.165, 1.54) is 5.70 Å². The molecule has 0 amide bonds. The molecule has 0 bridgehead atoms. The quantitative estimate of drug-likeness (QED) is 0.558. The Morgan fingerprint density at radius 1 is 1.36 bits per heavy atom. The normalized spacial score (nSPS) is 12.1. The van der Waals surface area contributed by atoms with Crippen molar-refractivity contribution in [3.63, 3.8) is 0 Å². The minimum absolute atomic E-state index is 1.06. The maximum absolute atomic E-state index is 3.60. The Morgan fingerprint density at radius 3 is 2.36 bits per heavy atom. The van der Waals surface area contributed by atoms with Crippen LogP contribution in [0.15, 0.2) is 36.6 Å². The standard InChI is InChI=1S/C10H17N/c1-5-7-8-9-10(6-2)11(3)4/h5,7-9H,1,6H2,2-4H3. The van der Waals surface area contributed by atoms with Gasteiger partial charge in [0.2, 0.25) is 0 Å². The lowest BCUT2D eigenvalue weighted by Gasteiger charge is -2.14. The molecule has 0 saturated heterocycles. The monoisotopic (exact) mass is 151 g/mol. The molecular weight excluding hydrogens is 134 g/mol. The summed E-state index contributed by atoms with van der Waals surface area (Å²) in [4.78, 5) is 2.12. The van der Waals surface area contributed by atoms with Crippen LogP contribution in [-0.4, -0.2) is 19.0 Å². The summed E-state index contributed by atoms with van der Waals surface area (Å²) in [6, 6.07) is 0. The molecule has 0 aliphatic rings. The van der Waals surface area contributed by atoms with Crippen LogP contribution in [0.2, 0.25) is 0 Å². The lowest BCUT2D eigenvalue weighted by molar-refractivity contribution is 0.494. The van der Waals surface area contributed by atoms with Gasteiger partial charge in [-0.15, -0.1) is 0 Å². The van der Waals surface area contributed by atoms with Crippen molar-refractivity contribution in [2.24, 2.45) is 0 Å². The molecule has 0 unspecified atom stereocenters. The van der Waals surface area contributed by atoms with Crippen molar-refractivity contribution in [3.05, 3.63) is 36.6 Å². The Hall–Kier alpha value is -0.980. The van der Waals surface area contributed by atoms with Crippen LogP contribution in [0, 0.1) is 0 Å². The van der Waals surface area contributed by atoms with Crippen molar-refractivity contribution >= 4 is 0 Å². The van der Waals surface area contributed by atoms with Crippen LogP contribution >= 0.6 is 0 Å². The van der Waals surface area contributed by atoms with E-state index in [0.717, 1.165) is 6.42 Å². The molecule has 0 heterocycles. The van der Waals surface area contributed by atoms with Crippen LogP contribution in [0.3, 0.4) is 0 Å². The molecule has 0 saturated carbocycles. The molecule has 11 heavy (non-hydrogen) atoms. The van der Waals surface area contributed by atoms with Crippen LogP contribution in [-0.2, 0) is 0 Å². The average molecular weight is 151 g/mol. The maximum atomic E-state index is 3.60. The summed E-state index contributed by atoms with van der Waals surface area (Å²) in [5.74, 6) is 0. The fraction of sp³-hybridized carbons (Fsp3) is 0.400. The van der Waals surface area contributed by atoms with E-state index in [4.69, 9.17) is 0 Å². The number of nitrogens with zero attached hydrogens (tertiary/aromatic N) is 1. The molecule has 1 nitrogen and oxygen atoms in total. The first kappa shape index (κ1) is 10.0. The van der Waals surface area contributed by atoms with Crippen molar-refractivity contribution in [2.75, 3.05) is 14.1 Å². The van der Waals surface area contributed by atoms with Gasteiger partial charge in [0, 0.05) is 19.8 Å². The Labute approximate surface area is 69.7 Å². The third kappa shape index (κ3) is 4.43. The zero-order chi connectivity index (χ0) is 8.69. The highest BCUT2D eigenvalue weighted by molar-refractivity contribution is 5.14. The highest BCUT2D eigenvalue weighted by Crippen LogP contribution is 2.02. The third-order valence-electron chi connectivity index (χ3n) is 1.47. The highest BCUT2D eigenvalue weighted by Gasteiger charge is 1.91. The fourth-order valence-corrected chi connectivity index (χ4v) is 0.828. The minimum Gasteiger partial charge on any atom is -0.381 e. The molecule has 0 fully saturated rings. The highest BCUT2D eigenvalue weighted by atomic mass is 15.1. The topological polar surface area (TPSA) is 3.24 Å². The SMILES string of the molecule is C=CC=CC=C(CC)N(C)C. The van der Waals surface area contributed by atoms with Crippen molar-refractivity contribution in [3.8, 4) is 0 Å². The second-order valence-electron chi connectivity index (χ2n) is 2.53. The Morgan fingerprint density at radius 2 is 2.00 bits per heavy atom. The summed E-state index contributed by atoms with van der Waals surface area (Å²) >= 11 is 0. The van der Waals surface area contributed by atoms with Gasteiger partial charge in [-0.25, -0.2) is 0 Å². The molecule has 0 spiro atoms. The summed E-state index contributed by atoms with van der Waals surface area (Å²) in [6.45, 7) is 5.74. The number of hydrogen-bond donors (Lipinski definition) is 0. The second-order valence-corrected chi connectivity index (χ2v) is 2.53. The molecule has 0 aromatic carbocycles. The summed E-state index contributed by atoms with van der Waals surface area (Å²) in [5.41, 5.74) is 1.32. The van der Waals surface area contributed by atoms with Crippen molar-refractivity contribution in [1.29, 1.82) is 0 Å². The Balaban J connectivity index is 4.11. The summed E-state index contributed by atoms with van der Waals surface area (Å²) in [5, 5.41) is 0. The van der Waals surface area contributed by atoms with E-state index in [2.05, 4.69) is 38.6 Å². The van der Waals surface area contributed by atoms with Crippen molar-refractivity contribution in [2.45, 2.75) is 13.3 Å². The van der Waals surface area contributed by atoms with Gasteiger partial charge in [-0.05, 0) is 12.5 Å². The molecule has 0 aliphatic heterocycles. The lowest BCUT2D eigenvalue weighted by atomic mass is 10.3. The van der Waals surface area contributed by atoms with Gasteiger partial charge >= 0.3 is 0 Å². The van der Waals surface area contributed by atoms with Crippen LogP contribution in [0.4, 0.5) is 0 Å². The van der Waals surface area contributed by atoms with E-state index in [9.17, 15) is 0 Å². The Bertz CT molecular complexity index is 164. The van der Waals surface area contributed by atoms with E-state index in [1.807, 2.05) is 12.2 Å². The van der Waals surface area contributed by atoms with Gasteiger partial charge in [-0.3, -0.25) is 0 Å². The minimum atomic E-state index is 1.06. The number of allylic oxidation sites excluding steroid dienone is 5. The van der Waals surface area contributed by atoms with E-state index in [0.29, 0.717) is 0 Å². The first-order valence-electron chi connectivity index (χ1n) is 3.88. The fourth-order valence-electron chi connectivity index (χ4n) is 0.828. The van der Waals surface area contributed by atoms with E-state index >= 15 is 0 Å². The van der Waals surface area contributed by atoms with Gasteiger partial charge in [0.15, 0.2) is 0 Å². The summed E-state index contributed by atoms with van der Waals surface area (Å²) in [7, 11) is 4.11. The van der Waals surface area contributed by atoms with Crippen LogP contribution < -0.4 is 0 Å². The van der Waals surface area contributed by atoms with E-state index in [1.54, 1.807) is 6.08 Å². The summed E-state index contributed by atoms with van der Waals surface area (Å²) in [6.07, 6.45) is 8.88. The first-order valence-corrected chi connectivity index (χ1v) is 3.88. The van der Waals surface area contributed by atoms with Gasteiger partial charge in [0.05, 0.1) is 0 Å². The Kier molecular flexibility index (Phi) is 5.26. The zero-order valence-corrected chi connectivity index (χ0v) is 7.67. The molecule has 0 aliphatic carbocycles. The van der Waals surface area contributed by atoms with Gasteiger partial charge < -0.3 is 4.90 Å². The van der Waals surface area contributed by atoms with E-state index in [-0.39, 0.29) is 0 Å². The van der Waals surface area contributed by atoms with Gasteiger partial charge in [0.25, 0.3) is 0 Å². The zero-order valence-electron chi connectivity index (χ0n) is 7.67. The molecule has 62 valence electrons. The predicted molar refractivity (Wildman–Crippen MR) is 51.4 cm³/mol. The smallest absolute Gasteiger partial charge is 0.0125 e. The third-order valence-corrected chi connectivity index (χ3v) is 1.47. The second kappa shape index (κ2) is 5.78. The van der Waals surface area contributed by atoms with Gasteiger partial charge in [-0.1, -0.05) is 31.7 Å². The molecule has 1 heteroatoms. The van der Waals surface area contributed by atoms with Crippen molar-refractivity contribution in [1.82, 2.24) is 4.90 Å².